The molecule has 0 saturated carbocycles. The Morgan fingerprint density at radius 3 is 2.58 bits per heavy atom. The molecule has 3 aromatic rings. The van der Waals surface area contributed by atoms with E-state index in [-0.39, 0.29) is 0 Å². The molecule has 24 heavy (non-hydrogen) atoms. The number of nitrogens with zero attached hydrogens (tertiary/aromatic N) is 3. The number of nitrogens with two attached hydrogens (primary N) is 1. The predicted molar refractivity (Wildman–Crippen MR) is 94.2 cm³/mol. The second-order valence-corrected chi connectivity index (χ2v) is 4.76. The van der Waals surface area contributed by atoms with Crippen LogP contribution >= 0.6 is 0 Å². The molecule has 5 heteroatoms. The summed E-state index contributed by atoms with van der Waals surface area (Å²) in [5.41, 5.74) is 8.85. The molecule has 3 rings (SSSR count). The average molecular weight is 322 g/mol. The molecule has 0 saturated heterocycles. The first-order valence-electron chi connectivity index (χ1n) is 7.67. The van der Waals surface area contributed by atoms with Crippen LogP contribution in [0.4, 0.5) is 10.1 Å². The van der Waals surface area contributed by atoms with E-state index in [0.717, 1.165) is 11.3 Å². The molecular formula is C19H19FN4. The largest absolute Gasteiger partial charge is 0.399 e. The summed E-state index contributed by atoms with van der Waals surface area (Å²) in [6.45, 7) is 5.87. The molecule has 2 N–H and O–H groups in total. The summed E-state index contributed by atoms with van der Waals surface area (Å²) in [7, 11) is 0. The van der Waals surface area contributed by atoms with Crippen molar-refractivity contribution in [2.75, 3.05) is 5.73 Å². The fourth-order valence-corrected chi connectivity index (χ4v) is 2.08. The molecule has 0 unspecified atom stereocenters. The van der Waals surface area contributed by atoms with Gasteiger partial charge in [-0.15, -0.1) is 0 Å². The zero-order chi connectivity index (χ0) is 17.5. The van der Waals surface area contributed by atoms with Crippen molar-refractivity contribution in [1.29, 1.82) is 0 Å². The summed E-state index contributed by atoms with van der Waals surface area (Å²) in [5, 5.41) is 4.25. The first-order chi connectivity index (χ1) is 11.6. The van der Waals surface area contributed by atoms with Gasteiger partial charge in [0.15, 0.2) is 0 Å². The number of aromatic nitrogens is 3. The van der Waals surface area contributed by atoms with E-state index < -0.39 is 5.82 Å². The molecule has 122 valence electrons. The Morgan fingerprint density at radius 1 is 1.12 bits per heavy atom. The van der Waals surface area contributed by atoms with Crippen molar-refractivity contribution in [1.82, 2.24) is 14.8 Å². The van der Waals surface area contributed by atoms with Crippen molar-refractivity contribution in [3.8, 4) is 17.5 Å². The Hall–Kier alpha value is -3.13. The highest BCUT2D eigenvalue weighted by Crippen LogP contribution is 2.18. The zero-order valence-electron chi connectivity index (χ0n) is 13.9. The Bertz CT molecular complexity index is 853. The standard InChI is InChI=1S/C17H13FN4.C2H6/c1-12-13(5-6-16-4-2-3-7-20-16)11-21-22(12)17-9-14(18)8-15(19)10-17;1-2/h2-4,7-11H,19H2,1H3;1-2H3. The van der Waals surface area contributed by atoms with Gasteiger partial charge >= 0.3 is 0 Å². The van der Waals surface area contributed by atoms with E-state index in [2.05, 4.69) is 21.9 Å². The van der Waals surface area contributed by atoms with Gasteiger partial charge in [-0.05, 0) is 43.2 Å². The fourth-order valence-electron chi connectivity index (χ4n) is 2.08. The van der Waals surface area contributed by atoms with E-state index in [1.807, 2.05) is 39.0 Å². The van der Waals surface area contributed by atoms with Gasteiger partial charge in [-0.2, -0.15) is 5.10 Å². The number of benzene rings is 1. The molecule has 2 heterocycles. The van der Waals surface area contributed by atoms with Crippen molar-refractivity contribution in [3.05, 3.63) is 71.6 Å². The van der Waals surface area contributed by atoms with E-state index in [1.54, 1.807) is 23.1 Å². The maximum absolute atomic E-state index is 13.5. The molecule has 0 aliphatic rings. The minimum Gasteiger partial charge on any atom is -0.399 e. The number of rotatable bonds is 1. The fraction of sp³-hybridized carbons (Fsp3) is 0.158. The number of anilines is 1. The molecule has 0 atom stereocenters. The Kier molecular flexibility index (Phi) is 5.69. The molecule has 0 radical (unpaired) electrons. The summed E-state index contributed by atoms with van der Waals surface area (Å²) in [6, 6.07) is 9.86. The predicted octanol–water partition coefficient (Wildman–Crippen LogP) is 3.72. The van der Waals surface area contributed by atoms with Crippen molar-refractivity contribution < 1.29 is 4.39 Å². The third kappa shape index (κ3) is 3.99. The molecule has 0 bridgehead atoms. The summed E-state index contributed by atoms with van der Waals surface area (Å²) < 4.78 is 15.1. The second kappa shape index (κ2) is 7.93. The minimum atomic E-state index is -0.397. The molecule has 0 aliphatic carbocycles. The van der Waals surface area contributed by atoms with Gasteiger partial charge in [-0.25, -0.2) is 14.1 Å². The van der Waals surface area contributed by atoms with E-state index in [4.69, 9.17) is 5.73 Å². The Morgan fingerprint density at radius 2 is 1.92 bits per heavy atom. The topological polar surface area (TPSA) is 56.7 Å². The number of halogens is 1. The van der Waals surface area contributed by atoms with Crippen LogP contribution < -0.4 is 5.73 Å². The number of nitrogen functional groups attached to an aromatic ring is 1. The monoisotopic (exact) mass is 322 g/mol. The highest BCUT2D eigenvalue weighted by molar-refractivity contribution is 5.50. The smallest absolute Gasteiger partial charge is 0.127 e. The molecule has 0 amide bonds. The lowest BCUT2D eigenvalue weighted by Gasteiger charge is -2.05. The van der Waals surface area contributed by atoms with Gasteiger partial charge in [0.1, 0.15) is 11.5 Å². The Balaban J connectivity index is 0.00000100. The average Bonchev–Trinajstić information content (AvgIpc) is 2.96. The number of pyridine rings is 1. The van der Waals surface area contributed by atoms with Crippen molar-refractivity contribution in [2.24, 2.45) is 0 Å². The molecule has 0 spiro atoms. The van der Waals surface area contributed by atoms with E-state index in [1.165, 1.54) is 12.1 Å². The van der Waals surface area contributed by atoms with Crippen LogP contribution in [0.1, 0.15) is 30.8 Å². The molecule has 0 aliphatic heterocycles. The summed E-state index contributed by atoms with van der Waals surface area (Å²) in [5.74, 6) is 5.61. The van der Waals surface area contributed by atoms with E-state index >= 15 is 0 Å². The van der Waals surface area contributed by atoms with Crippen LogP contribution in [0.5, 0.6) is 0 Å². The van der Waals surface area contributed by atoms with Crippen LogP contribution in [0.2, 0.25) is 0 Å². The first kappa shape index (κ1) is 17.2. The maximum Gasteiger partial charge on any atom is 0.127 e. The van der Waals surface area contributed by atoms with Gasteiger partial charge in [0.2, 0.25) is 0 Å². The molecule has 4 nitrogen and oxygen atoms in total. The molecule has 1 aromatic carbocycles. The number of hydrogen-bond acceptors (Lipinski definition) is 3. The van der Waals surface area contributed by atoms with Gasteiger partial charge in [0.25, 0.3) is 0 Å². The van der Waals surface area contributed by atoms with Crippen LogP contribution in [0.3, 0.4) is 0 Å². The third-order valence-corrected chi connectivity index (χ3v) is 3.15. The summed E-state index contributed by atoms with van der Waals surface area (Å²) in [6.07, 6.45) is 3.34. The second-order valence-electron chi connectivity index (χ2n) is 4.76. The molecule has 2 aromatic heterocycles. The highest BCUT2D eigenvalue weighted by Gasteiger charge is 2.08. The van der Waals surface area contributed by atoms with Gasteiger partial charge in [0.05, 0.1) is 23.1 Å². The van der Waals surface area contributed by atoms with Crippen LogP contribution in [0.25, 0.3) is 5.69 Å². The van der Waals surface area contributed by atoms with Gasteiger partial charge in [-0.1, -0.05) is 25.8 Å². The first-order valence-corrected chi connectivity index (χ1v) is 7.67. The lowest BCUT2D eigenvalue weighted by atomic mass is 10.2. The van der Waals surface area contributed by atoms with Gasteiger partial charge in [-0.3, -0.25) is 0 Å². The van der Waals surface area contributed by atoms with Crippen LogP contribution in [-0.4, -0.2) is 14.8 Å². The quantitative estimate of drug-likeness (QED) is 0.549. The normalized spacial score (nSPS) is 9.50. The third-order valence-electron chi connectivity index (χ3n) is 3.15. The van der Waals surface area contributed by atoms with Gasteiger partial charge in [0, 0.05) is 11.9 Å². The number of hydrogen-bond donors (Lipinski definition) is 1. The van der Waals surface area contributed by atoms with Crippen molar-refractivity contribution in [2.45, 2.75) is 20.8 Å². The van der Waals surface area contributed by atoms with Crippen LogP contribution in [0, 0.1) is 24.6 Å². The minimum absolute atomic E-state index is 0.353. The highest BCUT2D eigenvalue weighted by atomic mass is 19.1. The van der Waals surface area contributed by atoms with Crippen molar-refractivity contribution >= 4 is 5.69 Å². The SMILES string of the molecule is CC.Cc1c(C#Cc2ccccn2)cnn1-c1cc(N)cc(F)c1. The molecule has 0 fully saturated rings. The summed E-state index contributed by atoms with van der Waals surface area (Å²) >= 11 is 0. The van der Waals surface area contributed by atoms with Crippen molar-refractivity contribution in [3.63, 3.8) is 0 Å². The lowest BCUT2D eigenvalue weighted by Crippen LogP contribution is -2.01. The molecular weight excluding hydrogens is 303 g/mol. The van der Waals surface area contributed by atoms with E-state index in [0.29, 0.717) is 17.1 Å². The zero-order valence-corrected chi connectivity index (χ0v) is 13.9. The van der Waals surface area contributed by atoms with E-state index in [9.17, 15) is 4.39 Å². The van der Waals surface area contributed by atoms with Crippen LogP contribution in [-0.2, 0) is 0 Å². The van der Waals surface area contributed by atoms with Crippen LogP contribution in [0.15, 0.2) is 48.8 Å². The Labute approximate surface area is 141 Å². The maximum atomic E-state index is 13.5. The summed E-state index contributed by atoms with van der Waals surface area (Å²) in [4.78, 5) is 4.14. The van der Waals surface area contributed by atoms with Gasteiger partial charge < -0.3 is 5.73 Å². The lowest BCUT2D eigenvalue weighted by molar-refractivity contribution is 0.626.